The molecule has 0 saturated heterocycles. The molecule has 2 heterocycles. The maximum atomic E-state index is 13.0. The minimum Gasteiger partial charge on any atom is -0.506 e. The first-order valence-corrected chi connectivity index (χ1v) is 8.56. The molecule has 7 heteroatoms. The number of phenolic OH excluding ortho intramolecular Hbond substituents is 1. The van der Waals surface area contributed by atoms with Gasteiger partial charge in [0.25, 0.3) is 5.91 Å². The molecular formula is C21H16FN3O3. The van der Waals surface area contributed by atoms with Gasteiger partial charge >= 0.3 is 0 Å². The van der Waals surface area contributed by atoms with Gasteiger partial charge in [-0.1, -0.05) is 18.2 Å². The van der Waals surface area contributed by atoms with Gasteiger partial charge in [0.05, 0.1) is 35.0 Å². The summed E-state index contributed by atoms with van der Waals surface area (Å²) < 4.78 is 18.2. The number of hydrogen-bond acceptors (Lipinski definition) is 4. The molecule has 4 rings (SSSR count). The number of benzene rings is 2. The van der Waals surface area contributed by atoms with Crippen molar-refractivity contribution < 1.29 is 18.7 Å². The summed E-state index contributed by atoms with van der Waals surface area (Å²) in [5, 5.41) is 20.8. The van der Waals surface area contributed by atoms with E-state index in [0.717, 1.165) is 5.56 Å². The van der Waals surface area contributed by atoms with E-state index in [9.17, 15) is 14.3 Å². The summed E-state index contributed by atoms with van der Waals surface area (Å²) in [5.74, 6) is -0.294. The molecule has 0 aliphatic carbocycles. The van der Waals surface area contributed by atoms with E-state index in [1.165, 1.54) is 24.5 Å². The highest BCUT2D eigenvalue weighted by molar-refractivity contribution is 6.05. The number of hydrogen-bond donors (Lipinski definition) is 3. The molecule has 2 aromatic carbocycles. The number of amides is 1. The van der Waals surface area contributed by atoms with Crippen LogP contribution in [0.3, 0.4) is 0 Å². The van der Waals surface area contributed by atoms with Crippen LogP contribution in [0.25, 0.3) is 23.1 Å². The summed E-state index contributed by atoms with van der Waals surface area (Å²) in [4.78, 5) is 12.5. The molecule has 28 heavy (non-hydrogen) atoms. The molecule has 0 spiro atoms. The minimum atomic E-state index is -0.425. The average Bonchev–Trinajstić information content (AvgIpc) is 3.36. The van der Waals surface area contributed by atoms with E-state index >= 15 is 0 Å². The van der Waals surface area contributed by atoms with Crippen molar-refractivity contribution in [3.63, 3.8) is 0 Å². The largest absolute Gasteiger partial charge is 0.506 e. The Labute approximate surface area is 159 Å². The lowest BCUT2D eigenvalue weighted by atomic mass is 10.1. The fourth-order valence-corrected chi connectivity index (χ4v) is 2.85. The highest BCUT2D eigenvalue weighted by Gasteiger charge is 2.17. The number of furan rings is 1. The summed E-state index contributed by atoms with van der Waals surface area (Å²) in [7, 11) is 0. The Morgan fingerprint density at radius 2 is 2.00 bits per heavy atom. The van der Waals surface area contributed by atoms with Crippen molar-refractivity contribution in [2.24, 2.45) is 0 Å². The van der Waals surface area contributed by atoms with Crippen LogP contribution in [-0.4, -0.2) is 21.2 Å². The standard InChI is InChI=1S/C21H16FN3O3/c22-14-6-3-13(4-7-14)5-9-17-19-18(25-24-17)10-8-16(20(19)26)21(27)23-12-15-2-1-11-28-15/h1-11,26H,12H2,(H,23,27)(H,24,25). The Morgan fingerprint density at radius 1 is 1.18 bits per heavy atom. The second-order valence-electron chi connectivity index (χ2n) is 6.14. The van der Waals surface area contributed by atoms with E-state index < -0.39 is 5.91 Å². The molecule has 0 aliphatic heterocycles. The van der Waals surface area contributed by atoms with E-state index in [1.54, 1.807) is 42.5 Å². The van der Waals surface area contributed by atoms with E-state index in [-0.39, 0.29) is 23.7 Å². The van der Waals surface area contributed by atoms with E-state index in [1.807, 2.05) is 0 Å². The average molecular weight is 377 g/mol. The van der Waals surface area contributed by atoms with E-state index in [0.29, 0.717) is 22.4 Å². The zero-order valence-electron chi connectivity index (χ0n) is 14.6. The maximum Gasteiger partial charge on any atom is 0.255 e. The maximum absolute atomic E-state index is 13.0. The summed E-state index contributed by atoms with van der Waals surface area (Å²) in [5.41, 5.74) is 1.98. The first-order chi connectivity index (χ1) is 13.6. The number of nitrogens with zero attached hydrogens (tertiary/aromatic N) is 1. The molecule has 140 valence electrons. The number of aromatic amines is 1. The molecule has 0 fully saturated rings. The van der Waals surface area contributed by atoms with Gasteiger partial charge in [0.1, 0.15) is 17.3 Å². The molecule has 3 N–H and O–H groups in total. The quantitative estimate of drug-likeness (QED) is 0.488. The number of aromatic nitrogens is 2. The third-order valence-corrected chi connectivity index (χ3v) is 4.28. The monoisotopic (exact) mass is 377 g/mol. The lowest BCUT2D eigenvalue weighted by Crippen LogP contribution is -2.22. The van der Waals surface area contributed by atoms with Crippen LogP contribution < -0.4 is 5.32 Å². The zero-order valence-corrected chi connectivity index (χ0v) is 14.6. The van der Waals surface area contributed by atoms with Crippen LogP contribution in [0, 0.1) is 5.82 Å². The highest BCUT2D eigenvalue weighted by atomic mass is 19.1. The first kappa shape index (κ1) is 17.5. The molecule has 1 amide bonds. The lowest BCUT2D eigenvalue weighted by Gasteiger charge is -2.06. The summed E-state index contributed by atoms with van der Waals surface area (Å²) in [6, 6.07) is 12.7. The molecule has 0 aliphatic rings. The fraction of sp³-hybridized carbons (Fsp3) is 0.0476. The number of phenols is 1. The Kier molecular flexibility index (Phi) is 4.63. The van der Waals surface area contributed by atoms with Crippen molar-refractivity contribution >= 4 is 29.0 Å². The van der Waals surface area contributed by atoms with Gasteiger partial charge in [-0.2, -0.15) is 5.10 Å². The molecular weight excluding hydrogens is 361 g/mol. The van der Waals surface area contributed by atoms with Crippen molar-refractivity contribution in [2.45, 2.75) is 6.54 Å². The second-order valence-corrected chi connectivity index (χ2v) is 6.14. The molecule has 0 saturated carbocycles. The predicted octanol–water partition coefficient (Wildman–Crippen LogP) is 4.10. The number of carbonyl (C=O) groups is 1. The van der Waals surface area contributed by atoms with Crippen LogP contribution in [0.1, 0.15) is 27.4 Å². The SMILES string of the molecule is O=C(NCc1ccco1)c1ccc2[nH]nc(C=Cc3ccc(F)cc3)c2c1O. The van der Waals surface area contributed by atoms with Crippen molar-refractivity contribution in [3.05, 3.63) is 83.2 Å². The van der Waals surface area contributed by atoms with E-state index in [4.69, 9.17) is 4.42 Å². The Balaban J connectivity index is 1.61. The lowest BCUT2D eigenvalue weighted by molar-refractivity contribution is 0.0945. The third-order valence-electron chi connectivity index (χ3n) is 4.28. The zero-order chi connectivity index (χ0) is 19.5. The Morgan fingerprint density at radius 3 is 2.75 bits per heavy atom. The number of fused-ring (bicyclic) bond motifs is 1. The second kappa shape index (κ2) is 7.40. The number of rotatable bonds is 5. The van der Waals surface area contributed by atoms with Gasteiger partial charge in [-0.3, -0.25) is 9.89 Å². The van der Waals surface area contributed by atoms with Gasteiger partial charge in [0.15, 0.2) is 0 Å². The predicted molar refractivity (Wildman–Crippen MR) is 103 cm³/mol. The van der Waals surface area contributed by atoms with Crippen LogP contribution in [0.2, 0.25) is 0 Å². The van der Waals surface area contributed by atoms with Gasteiger partial charge < -0.3 is 14.8 Å². The van der Waals surface area contributed by atoms with Gasteiger partial charge in [0.2, 0.25) is 0 Å². The molecule has 0 radical (unpaired) electrons. The third kappa shape index (κ3) is 3.50. The summed E-state index contributed by atoms with van der Waals surface area (Å²) in [6.45, 7) is 0.214. The number of nitrogens with one attached hydrogen (secondary N) is 2. The van der Waals surface area contributed by atoms with Crippen LogP contribution in [-0.2, 0) is 6.54 Å². The molecule has 0 bridgehead atoms. The number of aromatic hydroxyl groups is 1. The number of H-pyrrole nitrogens is 1. The Hall–Kier alpha value is -3.87. The normalized spacial score (nSPS) is 11.3. The van der Waals surface area contributed by atoms with Crippen molar-refractivity contribution in [1.82, 2.24) is 15.5 Å². The van der Waals surface area contributed by atoms with Crippen LogP contribution >= 0.6 is 0 Å². The Bertz CT molecular complexity index is 1150. The van der Waals surface area contributed by atoms with Gasteiger partial charge in [-0.05, 0) is 48.0 Å². The van der Waals surface area contributed by atoms with Crippen LogP contribution in [0.15, 0.2) is 59.2 Å². The van der Waals surface area contributed by atoms with E-state index in [2.05, 4.69) is 15.5 Å². The molecule has 0 atom stereocenters. The number of carbonyl (C=O) groups excluding carboxylic acids is 1. The molecule has 6 nitrogen and oxygen atoms in total. The number of halogens is 1. The van der Waals surface area contributed by atoms with Crippen molar-refractivity contribution in [2.75, 3.05) is 0 Å². The van der Waals surface area contributed by atoms with Gasteiger partial charge in [-0.25, -0.2) is 4.39 Å². The van der Waals surface area contributed by atoms with Crippen LogP contribution in [0.5, 0.6) is 5.75 Å². The highest BCUT2D eigenvalue weighted by Crippen LogP contribution is 2.31. The minimum absolute atomic E-state index is 0.136. The fourth-order valence-electron chi connectivity index (χ4n) is 2.85. The smallest absolute Gasteiger partial charge is 0.255 e. The first-order valence-electron chi connectivity index (χ1n) is 8.56. The summed E-state index contributed by atoms with van der Waals surface area (Å²) in [6.07, 6.45) is 4.96. The van der Waals surface area contributed by atoms with Gasteiger partial charge in [-0.15, -0.1) is 0 Å². The molecule has 2 aromatic heterocycles. The van der Waals surface area contributed by atoms with Gasteiger partial charge in [0, 0.05) is 0 Å². The summed E-state index contributed by atoms with van der Waals surface area (Å²) >= 11 is 0. The van der Waals surface area contributed by atoms with Crippen molar-refractivity contribution in [3.8, 4) is 5.75 Å². The molecule has 4 aromatic rings. The van der Waals surface area contributed by atoms with Crippen molar-refractivity contribution in [1.29, 1.82) is 0 Å². The topological polar surface area (TPSA) is 91.2 Å². The van der Waals surface area contributed by atoms with Crippen LogP contribution in [0.4, 0.5) is 4.39 Å². The molecule has 0 unspecified atom stereocenters.